The Hall–Kier alpha value is -4.33. The van der Waals surface area contributed by atoms with Gasteiger partial charge in [0.15, 0.2) is 23.0 Å². The predicted octanol–water partition coefficient (Wildman–Crippen LogP) is 2.63. The lowest BCUT2D eigenvalue weighted by molar-refractivity contribution is -0.890. The number of aliphatic hydroxyl groups excluding tert-OH is 1. The number of benzene rings is 2. The highest BCUT2D eigenvalue weighted by atomic mass is 35.5. The maximum absolute atomic E-state index is 14.7. The van der Waals surface area contributed by atoms with Crippen LogP contribution in [0.3, 0.4) is 0 Å². The van der Waals surface area contributed by atoms with Gasteiger partial charge in [-0.2, -0.15) is 4.39 Å². The first kappa shape index (κ1) is 32.2. The van der Waals surface area contributed by atoms with Crippen molar-refractivity contribution in [2.75, 3.05) is 52.8 Å². The highest BCUT2D eigenvalue weighted by Gasteiger charge is 2.20. The molecule has 0 radical (unpaired) electrons. The average molecular weight is 605 g/mol. The molecule has 0 saturated heterocycles. The summed E-state index contributed by atoms with van der Waals surface area (Å²) in [7, 11) is 5.32. The van der Waals surface area contributed by atoms with Crippen molar-refractivity contribution in [2.45, 2.75) is 6.42 Å². The summed E-state index contributed by atoms with van der Waals surface area (Å²) in [4.78, 5) is 29.6. The number of imidazole rings is 1. The molecule has 2 heterocycles. The number of carbonyl (C=O) groups excluding carboxylic acids is 2. The van der Waals surface area contributed by atoms with Crippen molar-refractivity contribution in [3.8, 4) is 17.0 Å². The number of carboxylic acid groups (broad SMARTS) is 1. The predicted molar refractivity (Wildman–Crippen MR) is 152 cm³/mol. The van der Waals surface area contributed by atoms with E-state index in [4.69, 9.17) is 31.3 Å². The summed E-state index contributed by atoms with van der Waals surface area (Å²) in [5.41, 5.74) is 1.62. The molecule has 4 rings (SSSR count). The molecule has 3 N–H and O–H groups in total. The Morgan fingerprint density at radius 3 is 2.60 bits per heavy atom. The van der Waals surface area contributed by atoms with Crippen LogP contribution in [0, 0.1) is 11.6 Å². The van der Waals surface area contributed by atoms with Crippen LogP contribution in [-0.4, -0.2) is 83.8 Å². The molecule has 224 valence electrons. The number of aromatic nitrogens is 3. The number of quaternary nitrogens is 1. The lowest BCUT2D eigenvalue weighted by atomic mass is 10.1. The number of amides is 1. The summed E-state index contributed by atoms with van der Waals surface area (Å²) in [5, 5.41) is 23.6. The molecular weight excluding hydrogens is 574 g/mol. The van der Waals surface area contributed by atoms with Gasteiger partial charge in [0, 0.05) is 43.1 Å². The molecule has 0 spiro atoms. The third-order valence-electron chi connectivity index (χ3n) is 6.38. The van der Waals surface area contributed by atoms with Crippen molar-refractivity contribution >= 4 is 41.1 Å². The van der Waals surface area contributed by atoms with E-state index in [0.717, 1.165) is 13.0 Å². The number of nitrogens with one attached hydrogen (secondary N) is 2. The van der Waals surface area contributed by atoms with E-state index in [2.05, 4.69) is 20.6 Å². The molecule has 0 saturated carbocycles. The number of rotatable bonds is 11. The molecule has 14 heteroatoms. The fraction of sp³-hybridized carbons (Fsp3) is 0.286. The second-order valence-electron chi connectivity index (χ2n) is 9.69. The van der Waals surface area contributed by atoms with Gasteiger partial charge in [-0.3, -0.25) is 9.20 Å². The normalized spacial score (nSPS) is 11.0. The van der Waals surface area contributed by atoms with Crippen molar-refractivity contribution in [1.29, 1.82) is 0 Å². The number of hydrogen-bond donors (Lipinski definition) is 3. The molecule has 0 aliphatic heterocycles. The summed E-state index contributed by atoms with van der Waals surface area (Å²) in [5.74, 6) is -2.25. The van der Waals surface area contributed by atoms with Gasteiger partial charge >= 0.3 is 0 Å². The molecule has 0 aliphatic carbocycles. The fourth-order valence-corrected chi connectivity index (χ4v) is 4.46. The number of carbonyl (C=O) groups is 2. The van der Waals surface area contributed by atoms with Gasteiger partial charge in [0.25, 0.3) is 5.91 Å². The number of hydrogen-bond acceptors (Lipinski definition) is 8. The molecular formula is C28H31ClF2N6O5. The molecule has 0 unspecified atom stereocenters. The van der Waals surface area contributed by atoms with Crippen LogP contribution in [0.15, 0.2) is 48.9 Å². The van der Waals surface area contributed by atoms with Crippen LogP contribution >= 0.6 is 11.6 Å². The van der Waals surface area contributed by atoms with Crippen molar-refractivity contribution in [3.63, 3.8) is 0 Å². The topological polar surface area (TPSA) is 141 Å². The Balaban J connectivity index is 0.00000155. The summed E-state index contributed by atoms with van der Waals surface area (Å²) in [6.45, 7) is 1.55. The van der Waals surface area contributed by atoms with Gasteiger partial charge in [0.2, 0.25) is 5.82 Å². The van der Waals surface area contributed by atoms with E-state index < -0.39 is 18.1 Å². The molecule has 2 aromatic heterocycles. The summed E-state index contributed by atoms with van der Waals surface area (Å²) >= 11 is 6.42. The van der Waals surface area contributed by atoms with Crippen molar-refractivity contribution in [3.05, 3.63) is 71.1 Å². The van der Waals surface area contributed by atoms with Gasteiger partial charge in [-0.1, -0.05) is 11.6 Å². The SMILES string of the molecule is COc1ccc(-c2cnc3c(Nc4ccc(C(=O)NCCC[N+](C)(C)CCO)c(Cl)c4)nccn23)c(F)c1F.O=C[O-]. The zero-order chi connectivity index (χ0) is 30.9. The zero-order valence-electron chi connectivity index (χ0n) is 23.2. The summed E-state index contributed by atoms with van der Waals surface area (Å²) < 4.78 is 36.1. The third-order valence-corrected chi connectivity index (χ3v) is 6.69. The number of anilines is 2. The quantitative estimate of drug-likeness (QED) is 0.135. The second kappa shape index (κ2) is 14.5. The zero-order valence-corrected chi connectivity index (χ0v) is 24.0. The Kier molecular flexibility index (Phi) is 11.1. The Morgan fingerprint density at radius 1 is 1.19 bits per heavy atom. The lowest BCUT2D eigenvalue weighted by Crippen LogP contribution is -2.43. The van der Waals surface area contributed by atoms with E-state index in [1.54, 1.807) is 28.8 Å². The highest BCUT2D eigenvalue weighted by molar-refractivity contribution is 6.34. The van der Waals surface area contributed by atoms with Crippen molar-refractivity contribution in [2.24, 2.45) is 0 Å². The smallest absolute Gasteiger partial charge is 0.252 e. The molecule has 42 heavy (non-hydrogen) atoms. The van der Waals surface area contributed by atoms with Gasteiger partial charge in [-0.15, -0.1) is 0 Å². The van der Waals surface area contributed by atoms with Gasteiger partial charge in [-0.05, 0) is 30.3 Å². The van der Waals surface area contributed by atoms with Crippen LogP contribution in [0.4, 0.5) is 20.3 Å². The maximum Gasteiger partial charge on any atom is 0.252 e. The van der Waals surface area contributed by atoms with Crippen LogP contribution in [0.25, 0.3) is 16.9 Å². The molecule has 0 bridgehead atoms. The van der Waals surface area contributed by atoms with Gasteiger partial charge in [0.05, 0.1) is 56.8 Å². The van der Waals surface area contributed by atoms with Gasteiger partial charge in [-0.25, -0.2) is 14.4 Å². The lowest BCUT2D eigenvalue weighted by Gasteiger charge is -2.28. The third kappa shape index (κ3) is 7.69. The molecule has 0 fully saturated rings. The standard InChI is InChI=1S/C27H29ClF2N6O3.CH2O2/c1-36(2,13-14-37)12-4-9-32-27(38)18-6-5-17(15-20(18)28)34-25-26-33-16-21(35(26)11-10-31-25)19-7-8-22(39-3)24(30)23(19)29;2-1-3/h5-8,10-11,15-16,37H,4,9,12-14H2,1-3H3,(H-,31,32,34,38);1H,(H,2,3). The Labute approximate surface area is 245 Å². The minimum absolute atomic E-state index is 0.0206. The number of nitrogens with zero attached hydrogens (tertiary/aromatic N) is 4. The van der Waals surface area contributed by atoms with E-state index in [1.165, 1.54) is 31.6 Å². The van der Waals surface area contributed by atoms with E-state index in [1.807, 2.05) is 14.1 Å². The minimum Gasteiger partial charge on any atom is -0.554 e. The van der Waals surface area contributed by atoms with E-state index in [-0.39, 0.29) is 28.8 Å². The van der Waals surface area contributed by atoms with Crippen LogP contribution in [0.2, 0.25) is 5.02 Å². The number of fused-ring (bicyclic) bond motifs is 1. The Bertz CT molecular complexity index is 1550. The fourth-order valence-electron chi connectivity index (χ4n) is 4.19. The van der Waals surface area contributed by atoms with Crippen LogP contribution in [-0.2, 0) is 4.79 Å². The van der Waals surface area contributed by atoms with E-state index in [9.17, 15) is 13.6 Å². The number of halogens is 3. The molecule has 1 amide bonds. The van der Waals surface area contributed by atoms with Crippen LogP contribution in [0.1, 0.15) is 16.8 Å². The number of aliphatic hydroxyl groups is 1. The molecule has 11 nitrogen and oxygen atoms in total. The highest BCUT2D eigenvalue weighted by Crippen LogP contribution is 2.32. The summed E-state index contributed by atoms with van der Waals surface area (Å²) in [6, 6.07) is 7.68. The van der Waals surface area contributed by atoms with E-state index >= 15 is 0 Å². The monoisotopic (exact) mass is 604 g/mol. The molecule has 0 aliphatic rings. The largest absolute Gasteiger partial charge is 0.554 e. The first-order chi connectivity index (χ1) is 20.1. The number of ether oxygens (including phenoxy) is 1. The number of likely N-dealkylation sites (N-methyl/N-ethyl adjacent to an activating group) is 1. The van der Waals surface area contributed by atoms with Crippen LogP contribution < -0.4 is 20.5 Å². The van der Waals surface area contributed by atoms with Crippen molar-refractivity contribution in [1.82, 2.24) is 19.7 Å². The average Bonchev–Trinajstić information content (AvgIpc) is 3.38. The molecule has 2 aromatic carbocycles. The molecule has 0 atom stereocenters. The van der Waals surface area contributed by atoms with Crippen LogP contribution in [0.5, 0.6) is 5.75 Å². The Morgan fingerprint density at radius 2 is 1.93 bits per heavy atom. The molecule has 4 aromatic rings. The summed E-state index contributed by atoms with van der Waals surface area (Å²) in [6.07, 6.45) is 5.28. The second-order valence-corrected chi connectivity index (χ2v) is 10.1. The minimum atomic E-state index is -1.08. The van der Waals surface area contributed by atoms with Crippen molar-refractivity contribution < 1.29 is 37.8 Å². The maximum atomic E-state index is 14.7. The van der Waals surface area contributed by atoms with Gasteiger partial charge in [0.1, 0.15) is 6.54 Å². The van der Waals surface area contributed by atoms with Gasteiger partial charge < -0.3 is 34.9 Å². The first-order valence-corrected chi connectivity index (χ1v) is 13.1. The van der Waals surface area contributed by atoms with E-state index in [0.29, 0.717) is 46.0 Å². The number of methoxy groups -OCH3 is 1. The first-order valence-electron chi connectivity index (χ1n) is 12.7.